The molecule has 0 aromatic rings. The van der Waals surface area contributed by atoms with Crippen LogP contribution in [0.1, 0.15) is 59.8 Å². The topological polar surface area (TPSA) is 65.5 Å². The molecule has 3 N–H and O–H groups in total. The van der Waals surface area contributed by atoms with Crippen molar-refractivity contribution in [1.29, 1.82) is 0 Å². The number of rotatable bonds is 8. The largest absolute Gasteiger partial charge is 0.357 e. The second kappa shape index (κ2) is 12.6. The molecule has 140 valence electrons. The molecule has 0 radical (unpaired) electrons. The van der Waals surface area contributed by atoms with Gasteiger partial charge in [0.15, 0.2) is 5.96 Å². The predicted molar refractivity (Wildman–Crippen MR) is 113 cm³/mol. The van der Waals surface area contributed by atoms with Gasteiger partial charge in [0.1, 0.15) is 0 Å². The van der Waals surface area contributed by atoms with Crippen molar-refractivity contribution >= 4 is 35.8 Å². The maximum atomic E-state index is 12.0. The standard InChI is InChI=1S/C18H34N4O.HI/c1-5-19-16(23)18(3,4)14-22-17(20-6-2)21-13-12-15-10-8-7-9-11-15;/h10H,5-9,11-14H2,1-4H3,(H,19,23)(H2,20,21,22);1H. The highest BCUT2D eigenvalue weighted by molar-refractivity contribution is 14.0. The van der Waals surface area contributed by atoms with Crippen LogP contribution < -0.4 is 16.0 Å². The Hall–Kier alpha value is -0.790. The Morgan fingerprint density at radius 1 is 1.17 bits per heavy atom. The quantitative estimate of drug-likeness (QED) is 0.230. The van der Waals surface area contributed by atoms with Gasteiger partial charge in [0.25, 0.3) is 0 Å². The van der Waals surface area contributed by atoms with Gasteiger partial charge in [0, 0.05) is 19.6 Å². The number of guanidine groups is 1. The summed E-state index contributed by atoms with van der Waals surface area (Å²) >= 11 is 0. The Labute approximate surface area is 164 Å². The highest BCUT2D eigenvalue weighted by Crippen LogP contribution is 2.19. The summed E-state index contributed by atoms with van der Waals surface area (Å²) in [7, 11) is 0. The summed E-state index contributed by atoms with van der Waals surface area (Å²) in [5, 5.41) is 9.50. The first-order valence-electron chi connectivity index (χ1n) is 8.98. The number of nitrogens with one attached hydrogen (secondary N) is 3. The minimum absolute atomic E-state index is 0. The van der Waals surface area contributed by atoms with Gasteiger partial charge < -0.3 is 16.0 Å². The monoisotopic (exact) mass is 450 g/mol. The lowest BCUT2D eigenvalue weighted by molar-refractivity contribution is -0.128. The van der Waals surface area contributed by atoms with Gasteiger partial charge in [0.05, 0.1) is 12.0 Å². The van der Waals surface area contributed by atoms with Crippen LogP contribution in [-0.4, -0.2) is 38.0 Å². The molecule has 0 aromatic carbocycles. The van der Waals surface area contributed by atoms with Gasteiger partial charge in [-0.25, -0.2) is 0 Å². The fraction of sp³-hybridized carbons (Fsp3) is 0.778. The summed E-state index contributed by atoms with van der Waals surface area (Å²) in [5.41, 5.74) is 1.06. The first-order chi connectivity index (χ1) is 11.0. The third-order valence-corrected chi connectivity index (χ3v) is 4.05. The lowest BCUT2D eigenvalue weighted by atomic mass is 9.92. The normalized spacial score (nSPS) is 15.2. The molecule has 0 heterocycles. The average Bonchev–Trinajstić information content (AvgIpc) is 2.54. The maximum Gasteiger partial charge on any atom is 0.227 e. The van der Waals surface area contributed by atoms with E-state index >= 15 is 0 Å². The summed E-state index contributed by atoms with van der Waals surface area (Å²) < 4.78 is 0. The summed E-state index contributed by atoms with van der Waals surface area (Å²) in [5.74, 6) is 0.841. The van der Waals surface area contributed by atoms with Crippen LogP contribution in [0.15, 0.2) is 16.6 Å². The van der Waals surface area contributed by atoms with Gasteiger partial charge >= 0.3 is 0 Å². The van der Waals surface area contributed by atoms with Crippen LogP contribution in [0.25, 0.3) is 0 Å². The Bertz CT molecular complexity index is 433. The van der Waals surface area contributed by atoms with Gasteiger partial charge in [-0.2, -0.15) is 0 Å². The van der Waals surface area contributed by atoms with Crippen molar-refractivity contribution in [3.63, 3.8) is 0 Å². The summed E-state index contributed by atoms with van der Waals surface area (Å²) in [6.45, 7) is 10.7. The molecule has 6 heteroatoms. The fourth-order valence-electron chi connectivity index (χ4n) is 2.56. The summed E-state index contributed by atoms with van der Waals surface area (Å²) in [6.07, 6.45) is 8.57. The average molecular weight is 450 g/mol. The molecule has 0 fully saturated rings. The first-order valence-corrected chi connectivity index (χ1v) is 8.98. The number of carbonyl (C=O) groups excluding carboxylic acids is 1. The van der Waals surface area contributed by atoms with Gasteiger partial charge in [-0.05, 0) is 59.8 Å². The molecular formula is C18H35IN4O. The van der Waals surface area contributed by atoms with Crippen LogP contribution >= 0.6 is 24.0 Å². The smallest absolute Gasteiger partial charge is 0.227 e. The fourth-order valence-corrected chi connectivity index (χ4v) is 2.56. The van der Waals surface area contributed by atoms with E-state index < -0.39 is 5.41 Å². The molecule has 0 atom stereocenters. The molecule has 24 heavy (non-hydrogen) atoms. The van der Waals surface area contributed by atoms with Gasteiger partial charge in [-0.15, -0.1) is 24.0 Å². The lowest BCUT2D eigenvalue weighted by Gasteiger charge is -2.22. The highest BCUT2D eigenvalue weighted by atomic mass is 127. The number of halogens is 1. The van der Waals surface area contributed by atoms with Crippen molar-refractivity contribution in [2.45, 2.75) is 59.8 Å². The van der Waals surface area contributed by atoms with Crippen LogP contribution in [0.2, 0.25) is 0 Å². The second-order valence-electron chi connectivity index (χ2n) is 6.72. The van der Waals surface area contributed by atoms with Gasteiger partial charge in [-0.3, -0.25) is 9.79 Å². The lowest BCUT2D eigenvalue weighted by Crippen LogP contribution is -2.42. The van der Waals surface area contributed by atoms with Crippen molar-refractivity contribution in [3.8, 4) is 0 Å². The van der Waals surface area contributed by atoms with E-state index in [0.29, 0.717) is 13.1 Å². The minimum atomic E-state index is -0.496. The highest BCUT2D eigenvalue weighted by Gasteiger charge is 2.26. The van der Waals surface area contributed by atoms with Crippen molar-refractivity contribution in [2.24, 2.45) is 10.4 Å². The Morgan fingerprint density at radius 2 is 1.88 bits per heavy atom. The third-order valence-electron chi connectivity index (χ3n) is 4.05. The van der Waals surface area contributed by atoms with Crippen molar-refractivity contribution in [2.75, 3.05) is 26.2 Å². The summed E-state index contributed by atoms with van der Waals surface area (Å²) in [6, 6.07) is 0. The van der Waals surface area contributed by atoms with Gasteiger partial charge in [0.2, 0.25) is 5.91 Å². The predicted octanol–water partition coefficient (Wildman–Crippen LogP) is 3.21. The van der Waals surface area contributed by atoms with E-state index in [1.54, 1.807) is 5.57 Å². The third kappa shape index (κ3) is 8.89. The molecule has 0 unspecified atom stereocenters. The van der Waals surface area contributed by atoms with E-state index in [0.717, 1.165) is 25.5 Å². The van der Waals surface area contributed by atoms with E-state index in [2.05, 4.69) is 33.9 Å². The number of amides is 1. The second-order valence-corrected chi connectivity index (χ2v) is 6.72. The summed E-state index contributed by atoms with van der Waals surface area (Å²) in [4.78, 5) is 16.6. The first kappa shape index (κ1) is 23.2. The number of carbonyl (C=O) groups is 1. The Balaban J connectivity index is 0.00000529. The van der Waals surface area contributed by atoms with Gasteiger partial charge in [-0.1, -0.05) is 11.6 Å². The molecule has 5 nitrogen and oxygen atoms in total. The Morgan fingerprint density at radius 3 is 2.46 bits per heavy atom. The van der Waals surface area contributed by atoms with Crippen molar-refractivity contribution in [3.05, 3.63) is 11.6 Å². The van der Waals surface area contributed by atoms with Crippen LogP contribution in [-0.2, 0) is 4.79 Å². The molecule has 1 aliphatic rings. The zero-order valence-corrected chi connectivity index (χ0v) is 18.0. The number of hydrogen-bond donors (Lipinski definition) is 3. The van der Waals surface area contributed by atoms with E-state index in [4.69, 9.17) is 0 Å². The van der Waals surface area contributed by atoms with Crippen LogP contribution in [0.4, 0.5) is 0 Å². The zero-order valence-electron chi connectivity index (χ0n) is 15.7. The molecule has 0 bridgehead atoms. The van der Waals surface area contributed by atoms with Crippen molar-refractivity contribution < 1.29 is 4.79 Å². The van der Waals surface area contributed by atoms with E-state index in [1.807, 2.05) is 20.8 Å². The minimum Gasteiger partial charge on any atom is -0.357 e. The molecule has 0 saturated heterocycles. The number of hydrogen-bond acceptors (Lipinski definition) is 2. The van der Waals surface area contributed by atoms with E-state index in [1.165, 1.54) is 25.7 Å². The Kier molecular flexibility index (Phi) is 12.1. The molecule has 1 amide bonds. The molecular weight excluding hydrogens is 415 g/mol. The zero-order chi connectivity index (χ0) is 17.1. The van der Waals surface area contributed by atoms with Crippen LogP contribution in [0, 0.1) is 5.41 Å². The maximum absolute atomic E-state index is 12.0. The number of allylic oxidation sites excluding steroid dienone is 1. The van der Waals surface area contributed by atoms with Crippen LogP contribution in [0.5, 0.6) is 0 Å². The number of aliphatic imine (C=N–C) groups is 1. The molecule has 0 spiro atoms. The molecule has 0 aliphatic heterocycles. The van der Waals surface area contributed by atoms with E-state index in [9.17, 15) is 4.79 Å². The molecule has 0 saturated carbocycles. The molecule has 1 rings (SSSR count). The van der Waals surface area contributed by atoms with Crippen molar-refractivity contribution in [1.82, 2.24) is 16.0 Å². The SMILES string of the molecule is CCNC(=O)C(C)(C)CN=C(NCC)NCCC1=CCCCC1.I. The molecule has 0 aromatic heterocycles. The number of nitrogens with zero attached hydrogens (tertiary/aromatic N) is 1. The molecule has 1 aliphatic carbocycles. The van der Waals surface area contributed by atoms with E-state index in [-0.39, 0.29) is 29.9 Å². The van der Waals surface area contributed by atoms with Crippen LogP contribution in [0.3, 0.4) is 0 Å².